The zero-order valence-electron chi connectivity index (χ0n) is 13.8. The van der Waals surface area contributed by atoms with Crippen LogP contribution in [-0.2, 0) is 4.79 Å². The summed E-state index contributed by atoms with van der Waals surface area (Å²) in [5, 5.41) is 3.99. The predicted molar refractivity (Wildman–Crippen MR) is 91.3 cm³/mol. The molecule has 0 atom stereocenters. The molecule has 0 unspecified atom stereocenters. The van der Waals surface area contributed by atoms with Gasteiger partial charge in [0.25, 0.3) is 0 Å². The summed E-state index contributed by atoms with van der Waals surface area (Å²) in [6, 6.07) is 7.56. The second-order valence-electron chi connectivity index (χ2n) is 5.41. The Kier molecular flexibility index (Phi) is 9.75. The van der Waals surface area contributed by atoms with Crippen molar-refractivity contribution >= 4 is 12.1 Å². The van der Waals surface area contributed by atoms with E-state index >= 15 is 0 Å². The number of methoxy groups -OCH3 is 1. The Hall–Kier alpha value is -1.84. The van der Waals surface area contributed by atoms with Crippen molar-refractivity contribution in [3.63, 3.8) is 0 Å². The lowest BCUT2D eigenvalue weighted by molar-refractivity contribution is -0.121. The number of ether oxygens (including phenoxy) is 1. The number of para-hydroxylation sites is 1. The second kappa shape index (κ2) is 11.8. The highest BCUT2D eigenvalue weighted by atomic mass is 16.5. The average Bonchev–Trinajstić information content (AvgIpc) is 2.54. The maximum Gasteiger partial charge on any atom is 0.240 e. The van der Waals surface area contributed by atoms with E-state index in [0.29, 0.717) is 6.42 Å². The minimum Gasteiger partial charge on any atom is -0.496 e. The Morgan fingerprint density at radius 3 is 2.55 bits per heavy atom. The number of amides is 1. The SMILES string of the molecule is CCCCCCCCCC(=O)N/N=C/c1ccccc1OC. The molecule has 0 aliphatic rings. The fourth-order valence-corrected chi connectivity index (χ4v) is 2.25. The van der Waals surface area contributed by atoms with Crippen LogP contribution in [0.4, 0.5) is 0 Å². The quantitative estimate of drug-likeness (QED) is 0.377. The summed E-state index contributed by atoms with van der Waals surface area (Å²) in [4.78, 5) is 11.7. The van der Waals surface area contributed by atoms with Gasteiger partial charge in [-0.15, -0.1) is 0 Å². The molecule has 1 N–H and O–H groups in total. The first-order valence-electron chi connectivity index (χ1n) is 8.22. The van der Waals surface area contributed by atoms with Crippen LogP contribution in [0.3, 0.4) is 0 Å². The van der Waals surface area contributed by atoms with Crippen LogP contribution in [0, 0.1) is 0 Å². The molecule has 1 rings (SSSR count). The topological polar surface area (TPSA) is 50.7 Å². The molecule has 1 aromatic rings. The van der Waals surface area contributed by atoms with Gasteiger partial charge in [0, 0.05) is 12.0 Å². The van der Waals surface area contributed by atoms with Gasteiger partial charge in [0.05, 0.1) is 13.3 Å². The van der Waals surface area contributed by atoms with Crippen molar-refractivity contribution in [2.45, 2.75) is 58.3 Å². The van der Waals surface area contributed by atoms with Gasteiger partial charge in [-0.3, -0.25) is 4.79 Å². The Bertz CT molecular complexity index is 458. The first-order valence-corrected chi connectivity index (χ1v) is 8.22. The van der Waals surface area contributed by atoms with Crippen molar-refractivity contribution in [1.29, 1.82) is 0 Å². The summed E-state index contributed by atoms with van der Waals surface area (Å²) < 4.78 is 5.22. The molecular weight excluding hydrogens is 276 g/mol. The van der Waals surface area contributed by atoms with Crippen LogP contribution in [0.1, 0.15) is 63.9 Å². The largest absolute Gasteiger partial charge is 0.496 e. The molecule has 0 aromatic heterocycles. The molecular formula is C18H28N2O2. The Morgan fingerprint density at radius 1 is 1.14 bits per heavy atom. The van der Waals surface area contributed by atoms with Crippen LogP contribution in [0.25, 0.3) is 0 Å². The number of rotatable bonds is 11. The lowest BCUT2D eigenvalue weighted by Crippen LogP contribution is -2.16. The zero-order valence-corrected chi connectivity index (χ0v) is 13.8. The van der Waals surface area contributed by atoms with E-state index in [1.54, 1.807) is 13.3 Å². The summed E-state index contributed by atoms with van der Waals surface area (Å²) in [6.45, 7) is 2.22. The number of carbonyl (C=O) groups excluding carboxylic acids is 1. The van der Waals surface area contributed by atoms with E-state index in [2.05, 4.69) is 17.5 Å². The third kappa shape index (κ3) is 7.81. The van der Waals surface area contributed by atoms with Crippen molar-refractivity contribution in [2.24, 2.45) is 5.10 Å². The smallest absolute Gasteiger partial charge is 0.240 e. The van der Waals surface area contributed by atoms with E-state index in [0.717, 1.165) is 24.2 Å². The van der Waals surface area contributed by atoms with E-state index in [1.807, 2.05) is 24.3 Å². The Morgan fingerprint density at radius 2 is 1.82 bits per heavy atom. The van der Waals surface area contributed by atoms with Gasteiger partial charge < -0.3 is 4.74 Å². The fraction of sp³-hybridized carbons (Fsp3) is 0.556. The van der Waals surface area contributed by atoms with Gasteiger partial charge in [0.15, 0.2) is 0 Å². The molecule has 0 fully saturated rings. The number of nitrogens with zero attached hydrogens (tertiary/aromatic N) is 1. The molecule has 0 bridgehead atoms. The number of nitrogens with one attached hydrogen (secondary N) is 1. The number of hydrogen-bond donors (Lipinski definition) is 1. The first-order chi connectivity index (χ1) is 10.8. The monoisotopic (exact) mass is 304 g/mol. The predicted octanol–water partition coefficient (Wildman–Crippen LogP) is 4.29. The van der Waals surface area contributed by atoms with E-state index in [-0.39, 0.29) is 5.91 Å². The molecule has 0 radical (unpaired) electrons. The van der Waals surface area contributed by atoms with Crippen LogP contribution >= 0.6 is 0 Å². The summed E-state index contributed by atoms with van der Waals surface area (Å²) in [5.41, 5.74) is 3.42. The standard InChI is InChI=1S/C18H28N2O2/c1-3-4-5-6-7-8-9-14-18(21)20-19-15-16-12-10-11-13-17(16)22-2/h10-13,15H,3-9,14H2,1-2H3,(H,20,21)/b19-15+. The molecule has 0 saturated carbocycles. The van der Waals surface area contributed by atoms with Crippen LogP contribution in [0.15, 0.2) is 29.4 Å². The molecule has 4 nitrogen and oxygen atoms in total. The molecule has 0 spiro atoms. The molecule has 122 valence electrons. The maximum absolute atomic E-state index is 11.7. The van der Waals surface area contributed by atoms with E-state index < -0.39 is 0 Å². The van der Waals surface area contributed by atoms with E-state index in [1.165, 1.54) is 32.1 Å². The van der Waals surface area contributed by atoms with Gasteiger partial charge in [-0.25, -0.2) is 5.43 Å². The number of unbranched alkanes of at least 4 members (excludes halogenated alkanes) is 6. The summed E-state index contributed by atoms with van der Waals surface area (Å²) in [7, 11) is 1.62. The lowest BCUT2D eigenvalue weighted by Gasteiger charge is -2.03. The molecule has 0 aliphatic heterocycles. The highest BCUT2D eigenvalue weighted by Crippen LogP contribution is 2.14. The lowest BCUT2D eigenvalue weighted by atomic mass is 10.1. The number of hydrazone groups is 1. The van der Waals surface area contributed by atoms with Crippen molar-refractivity contribution in [3.05, 3.63) is 29.8 Å². The third-order valence-corrected chi connectivity index (χ3v) is 3.54. The van der Waals surface area contributed by atoms with Gasteiger partial charge in [-0.2, -0.15) is 5.10 Å². The third-order valence-electron chi connectivity index (χ3n) is 3.54. The molecule has 22 heavy (non-hydrogen) atoms. The van der Waals surface area contributed by atoms with Crippen LogP contribution in [0.5, 0.6) is 5.75 Å². The van der Waals surface area contributed by atoms with Gasteiger partial charge in [0.1, 0.15) is 5.75 Å². The normalized spacial score (nSPS) is 10.8. The Labute approximate surface area is 134 Å². The fourth-order valence-electron chi connectivity index (χ4n) is 2.25. The van der Waals surface area contributed by atoms with Crippen molar-refractivity contribution < 1.29 is 9.53 Å². The first kappa shape index (κ1) is 18.2. The van der Waals surface area contributed by atoms with Crippen molar-refractivity contribution in [3.8, 4) is 5.75 Å². The van der Waals surface area contributed by atoms with E-state index in [9.17, 15) is 4.79 Å². The highest BCUT2D eigenvalue weighted by Gasteiger charge is 2.00. The summed E-state index contributed by atoms with van der Waals surface area (Å²) in [5.74, 6) is 0.715. The highest BCUT2D eigenvalue weighted by molar-refractivity contribution is 5.85. The molecule has 0 heterocycles. The number of hydrogen-bond acceptors (Lipinski definition) is 3. The Balaban J connectivity index is 2.16. The van der Waals surface area contributed by atoms with Crippen LogP contribution in [0.2, 0.25) is 0 Å². The van der Waals surface area contributed by atoms with Gasteiger partial charge >= 0.3 is 0 Å². The number of benzene rings is 1. The maximum atomic E-state index is 11.7. The molecule has 1 amide bonds. The van der Waals surface area contributed by atoms with Crippen LogP contribution in [-0.4, -0.2) is 19.2 Å². The molecule has 4 heteroatoms. The van der Waals surface area contributed by atoms with Gasteiger partial charge in [0.2, 0.25) is 5.91 Å². The van der Waals surface area contributed by atoms with E-state index in [4.69, 9.17) is 4.74 Å². The van der Waals surface area contributed by atoms with Gasteiger partial charge in [-0.05, 0) is 18.6 Å². The van der Waals surface area contributed by atoms with Crippen LogP contribution < -0.4 is 10.2 Å². The zero-order chi connectivity index (χ0) is 16.0. The molecule has 1 aromatic carbocycles. The second-order valence-corrected chi connectivity index (χ2v) is 5.41. The summed E-state index contributed by atoms with van der Waals surface area (Å²) >= 11 is 0. The van der Waals surface area contributed by atoms with Crippen molar-refractivity contribution in [2.75, 3.05) is 7.11 Å². The summed E-state index contributed by atoms with van der Waals surface area (Å²) in [6.07, 6.45) is 10.6. The minimum atomic E-state index is -0.0280. The minimum absolute atomic E-state index is 0.0280. The molecule has 0 saturated heterocycles. The molecule has 0 aliphatic carbocycles. The average molecular weight is 304 g/mol. The number of carbonyl (C=O) groups is 1. The van der Waals surface area contributed by atoms with Crippen molar-refractivity contribution in [1.82, 2.24) is 5.43 Å². The van der Waals surface area contributed by atoms with Gasteiger partial charge in [-0.1, -0.05) is 57.6 Å².